The van der Waals surface area contributed by atoms with Crippen LogP contribution < -0.4 is 16.0 Å². The Morgan fingerprint density at radius 2 is 1.67 bits per heavy atom. The Morgan fingerprint density at radius 1 is 1.02 bits per heavy atom. The van der Waals surface area contributed by atoms with Crippen molar-refractivity contribution in [3.05, 3.63) is 47.4 Å². The van der Waals surface area contributed by atoms with Crippen molar-refractivity contribution in [1.82, 2.24) is 20.9 Å². The van der Waals surface area contributed by atoms with Gasteiger partial charge in [0.1, 0.15) is 24.7 Å². The number of benzene rings is 1. The Bertz CT molecular complexity index is 1410. The van der Waals surface area contributed by atoms with Gasteiger partial charge in [-0.25, -0.2) is 13.2 Å². The van der Waals surface area contributed by atoms with Crippen molar-refractivity contribution in [2.75, 3.05) is 12.8 Å². The van der Waals surface area contributed by atoms with E-state index in [9.17, 15) is 42.3 Å². The van der Waals surface area contributed by atoms with Gasteiger partial charge in [-0.05, 0) is 30.2 Å². The van der Waals surface area contributed by atoms with Gasteiger partial charge >= 0.3 is 18.0 Å². The highest BCUT2D eigenvalue weighted by Gasteiger charge is 2.43. The van der Waals surface area contributed by atoms with Crippen molar-refractivity contribution in [3.63, 3.8) is 0 Å². The molecular formula is C30H42N4O11S. The summed E-state index contributed by atoms with van der Waals surface area (Å²) in [5.41, 5.74) is -0.265. The van der Waals surface area contributed by atoms with Gasteiger partial charge in [0.2, 0.25) is 17.7 Å². The van der Waals surface area contributed by atoms with Crippen LogP contribution in [0.4, 0.5) is 4.79 Å². The molecule has 16 heteroatoms. The number of ether oxygens (including phenoxy) is 1. The molecule has 1 aliphatic rings. The molecular weight excluding hydrogens is 624 g/mol. The first-order chi connectivity index (χ1) is 21.4. The van der Waals surface area contributed by atoms with Gasteiger partial charge in [0.25, 0.3) is 0 Å². The number of nitrogens with zero attached hydrogens (tertiary/aromatic N) is 1. The monoisotopic (exact) mass is 666 g/mol. The van der Waals surface area contributed by atoms with E-state index in [-0.39, 0.29) is 32.4 Å². The molecule has 46 heavy (non-hydrogen) atoms. The van der Waals surface area contributed by atoms with E-state index in [1.807, 2.05) is 0 Å². The zero-order valence-electron chi connectivity index (χ0n) is 26.2. The number of alkyl carbamates (subject to hydrolysis) is 1. The quantitative estimate of drug-likeness (QED) is 0.179. The lowest BCUT2D eigenvalue weighted by Gasteiger charge is -2.36. The lowest BCUT2D eigenvalue weighted by atomic mass is 9.85. The molecule has 0 aromatic heterocycles. The Balaban J connectivity index is 2.20. The van der Waals surface area contributed by atoms with Crippen LogP contribution in [0.25, 0.3) is 0 Å². The third-order valence-electron chi connectivity index (χ3n) is 6.99. The molecule has 1 aromatic rings. The van der Waals surface area contributed by atoms with E-state index in [0.717, 1.165) is 11.7 Å². The molecule has 0 radical (unpaired) electrons. The summed E-state index contributed by atoms with van der Waals surface area (Å²) < 4.78 is 28.3. The third kappa shape index (κ3) is 12.9. The van der Waals surface area contributed by atoms with E-state index >= 15 is 0 Å². The number of aliphatic carboxylic acids is 2. The molecule has 1 unspecified atom stereocenters. The molecule has 1 heterocycles. The Labute approximate surface area is 267 Å². The van der Waals surface area contributed by atoms with E-state index in [0.29, 0.717) is 12.0 Å². The lowest BCUT2D eigenvalue weighted by molar-refractivity contribution is -0.145. The Morgan fingerprint density at radius 3 is 2.24 bits per heavy atom. The van der Waals surface area contributed by atoms with Gasteiger partial charge in [-0.15, -0.1) is 0 Å². The van der Waals surface area contributed by atoms with Gasteiger partial charge < -0.3 is 35.8 Å². The van der Waals surface area contributed by atoms with Crippen LogP contribution in [0.3, 0.4) is 0 Å². The largest absolute Gasteiger partial charge is 0.481 e. The molecule has 2 rings (SSSR count). The van der Waals surface area contributed by atoms with Crippen molar-refractivity contribution in [2.45, 2.75) is 83.6 Å². The Hall–Kier alpha value is -4.47. The Kier molecular flexibility index (Phi) is 13.7. The van der Waals surface area contributed by atoms with Crippen molar-refractivity contribution in [2.24, 2.45) is 5.41 Å². The minimum Gasteiger partial charge on any atom is -0.481 e. The highest BCUT2D eigenvalue weighted by Crippen LogP contribution is 2.26. The fourth-order valence-electron chi connectivity index (χ4n) is 4.66. The molecule has 5 N–H and O–H groups in total. The maximum Gasteiger partial charge on any atom is 0.408 e. The van der Waals surface area contributed by atoms with Gasteiger partial charge in [-0.1, -0.05) is 57.2 Å². The smallest absolute Gasteiger partial charge is 0.408 e. The minimum absolute atomic E-state index is 0.0970. The standard InChI is InChI=1S/C30H42N4O11S/c1-30(2,3)25(33-26(39)21(17-24(37)38)32-29(42)45-18-19-9-6-5-7-10-19)28(41)34-15-8-11-22(34)27(40)31-20(12-13-23(35)36)14-16-46(4,43)44/h5-7,9-10,14,16,20-22,25H,8,11-13,15,17-18H2,1-4H3,(H,31,40)(H,32,42)(H,33,39)(H,35,36)(H,37,38)/b16-14+/t20-,21-,22+,25?/m0/s1. The van der Waals surface area contributed by atoms with E-state index in [1.54, 1.807) is 51.1 Å². The van der Waals surface area contributed by atoms with Crippen LogP contribution in [-0.4, -0.2) is 96.3 Å². The summed E-state index contributed by atoms with van der Waals surface area (Å²) in [7, 11) is -3.57. The van der Waals surface area contributed by atoms with Gasteiger partial charge in [-0.3, -0.25) is 24.0 Å². The molecule has 1 aliphatic heterocycles. The summed E-state index contributed by atoms with van der Waals surface area (Å²) in [4.78, 5) is 76.8. The van der Waals surface area contributed by atoms with Crippen LogP contribution >= 0.6 is 0 Å². The van der Waals surface area contributed by atoms with Crippen molar-refractivity contribution >= 4 is 45.6 Å². The summed E-state index contributed by atoms with van der Waals surface area (Å²) in [6, 6.07) is 3.89. The molecule has 1 fully saturated rings. The second-order valence-electron chi connectivity index (χ2n) is 12.1. The summed E-state index contributed by atoms with van der Waals surface area (Å²) >= 11 is 0. The first-order valence-corrected chi connectivity index (χ1v) is 16.5. The van der Waals surface area contributed by atoms with Crippen LogP contribution in [0.5, 0.6) is 0 Å². The van der Waals surface area contributed by atoms with Gasteiger partial charge in [0, 0.05) is 30.7 Å². The zero-order chi connectivity index (χ0) is 34.7. The van der Waals surface area contributed by atoms with Crippen LogP contribution in [0, 0.1) is 5.41 Å². The van der Waals surface area contributed by atoms with Gasteiger partial charge in [0.05, 0.1) is 6.42 Å². The van der Waals surface area contributed by atoms with Gasteiger partial charge in [-0.2, -0.15) is 0 Å². The number of carbonyl (C=O) groups is 6. The fourth-order valence-corrected chi connectivity index (χ4v) is 5.14. The predicted molar refractivity (Wildman–Crippen MR) is 165 cm³/mol. The highest BCUT2D eigenvalue weighted by molar-refractivity contribution is 7.93. The molecule has 15 nitrogen and oxygen atoms in total. The SMILES string of the molecule is CC(C)(C)C(NC(=O)[C@H](CC(=O)O)NC(=O)OCc1ccccc1)C(=O)N1CCC[C@@H]1C(=O)N[C@H](/C=C/S(C)(=O)=O)CCC(=O)O. The van der Waals surface area contributed by atoms with E-state index in [4.69, 9.17) is 9.84 Å². The first-order valence-electron chi connectivity index (χ1n) is 14.6. The molecule has 4 atom stereocenters. The topological polar surface area (TPSA) is 226 Å². The average molecular weight is 667 g/mol. The number of carboxylic acids is 2. The molecule has 4 amide bonds. The van der Waals surface area contributed by atoms with Crippen molar-refractivity contribution in [1.29, 1.82) is 0 Å². The number of hydrogen-bond donors (Lipinski definition) is 5. The van der Waals surface area contributed by atoms with E-state index < -0.39 is 81.6 Å². The van der Waals surface area contributed by atoms with Crippen LogP contribution in [0.15, 0.2) is 41.8 Å². The van der Waals surface area contributed by atoms with E-state index in [2.05, 4.69) is 16.0 Å². The average Bonchev–Trinajstić information content (AvgIpc) is 3.45. The number of amides is 4. The molecule has 0 spiro atoms. The summed E-state index contributed by atoms with van der Waals surface area (Å²) in [6.07, 6.45) is 0.519. The van der Waals surface area contributed by atoms with Crippen molar-refractivity contribution in [3.8, 4) is 0 Å². The maximum absolute atomic E-state index is 13.9. The van der Waals surface area contributed by atoms with Crippen LogP contribution in [0.1, 0.15) is 58.4 Å². The number of rotatable bonds is 15. The first kappa shape index (κ1) is 37.7. The molecule has 0 saturated carbocycles. The predicted octanol–water partition coefficient (Wildman–Crippen LogP) is 1.19. The summed E-state index contributed by atoms with van der Waals surface area (Å²) in [5.74, 6) is -4.75. The molecule has 0 bridgehead atoms. The fraction of sp³-hybridized carbons (Fsp3) is 0.533. The van der Waals surface area contributed by atoms with Gasteiger partial charge in [0.15, 0.2) is 9.84 Å². The second-order valence-corrected chi connectivity index (χ2v) is 14.0. The molecule has 1 aromatic carbocycles. The molecule has 0 aliphatic carbocycles. The van der Waals surface area contributed by atoms with Crippen molar-refractivity contribution < 1.29 is 52.1 Å². The highest BCUT2D eigenvalue weighted by atomic mass is 32.2. The number of likely N-dealkylation sites (tertiary alicyclic amines) is 1. The third-order valence-corrected chi connectivity index (χ3v) is 7.64. The number of hydrogen-bond acceptors (Lipinski definition) is 9. The number of nitrogens with one attached hydrogen (secondary N) is 3. The summed E-state index contributed by atoms with van der Waals surface area (Å²) in [5, 5.41) is 26.7. The normalized spacial score (nSPS) is 17.0. The lowest BCUT2D eigenvalue weighted by Crippen LogP contribution is -2.60. The molecule has 254 valence electrons. The second kappa shape index (κ2) is 16.7. The zero-order valence-corrected chi connectivity index (χ0v) is 27.0. The molecule has 1 saturated heterocycles. The number of sulfone groups is 1. The number of carboxylic acid groups (broad SMARTS) is 2. The van der Waals surface area contributed by atoms with Crippen LogP contribution in [0.2, 0.25) is 0 Å². The number of carbonyl (C=O) groups excluding carboxylic acids is 4. The maximum atomic E-state index is 13.9. The van der Waals surface area contributed by atoms with Crippen LogP contribution in [-0.2, 0) is 45.2 Å². The van der Waals surface area contributed by atoms with E-state index in [1.165, 1.54) is 11.0 Å². The minimum atomic E-state index is -3.57. The summed E-state index contributed by atoms with van der Waals surface area (Å²) in [6.45, 7) is 5.00.